The van der Waals surface area contributed by atoms with E-state index in [9.17, 15) is 9.90 Å². The van der Waals surface area contributed by atoms with Gasteiger partial charge in [-0.15, -0.1) is 0 Å². The second-order valence-corrected chi connectivity index (χ2v) is 9.78. The van der Waals surface area contributed by atoms with Gasteiger partial charge in [0.2, 0.25) is 5.95 Å². The highest BCUT2D eigenvalue weighted by Crippen LogP contribution is 2.31. The first-order valence-corrected chi connectivity index (χ1v) is 13.4. The van der Waals surface area contributed by atoms with Crippen LogP contribution in [0.1, 0.15) is 5.56 Å². The van der Waals surface area contributed by atoms with Gasteiger partial charge in [-0.2, -0.15) is 5.10 Å². The molecular weight excluding hydrogens is 506 g/mol. The number of benzene rings is 2. The van der Waals surface area contributed by atoms with E-state index in [2.05, 4.69) is 48.0 Å². The van der Waals surface area contributed by atoms with Crippen molar-refractivity contribution in [2.45, 2.75) is 6.54 Å². The van der Waals surface area contributed by atoms with E-state index in [4.69, 9.17) is 4.98 Å². The molecule has 0 unspecified atom stereocenters. The molecule has 2 aromatic heterocycles. The highest BCUT2D eigenvalue weighted by molar-refractivity contribution is 5.89. The number of rotatable bonds is 9. The van der Waals surface area contributed by atoms with Crippen LogP contribution < -0.4 is 16.0 Å². The van der Waals surface area contributed by atoms with Crippen molar-refractivity contribution in [3.8, 4) is 22.5 Å². The van der Waals surface area contributed by atoms with Crippen molar-refractivity contribution in [2.75, 3.05) is 57.0 Å². The van der Waals surface area contributed by atoms with Crippen molar-refractivity contribution >= 4 is 23.4 Å². The summed E-state index contributed by atoms with van der Waals surface area (Å²) in [5.74, 6) is 0.507. The van der Waals surface area contributed by atoms with Gasteiger partial charge < -0.3 is 21.1 Å². The largest absolute Gasteiger partial charge is 0.395 e. The molecule has 0 atom stereocenters. The maximum Gasteiger partial charge on any atom is 0.318 e. The van der Waals surface area contributed by atoms with Crippen LogP contribution in [0, 0.1) is 0 Å². The van der Waals surface area contributed by atoms with Crippen LogP contribution in [0.3, 0.4) is 0 Å². The molecule has 0 aliphatic carbocycles. The van der Waals surface area contributed by atoms with E-state index in [1.54, 1.807) is 17.9 Å². The molecule has 1 fully saturated rings. The fourth-order valence-electron chi connectivity index (χ4n) is 4.81. The predicted octanol–water partition coefficient (Wildman–Crippen LogP) is 3.15. The minimum Gasteiger partial charge on any atom is -0.395 e. The van der Waals surface area contributed by atoms with Crippen molar-refractivity contribution in [1.82, 2.24) is 34.9 Å². The second-order valence-electron chi connectivity index (χ2n) is 9.78. The van der Waals surface area contributed by atoms with E-state index >= 15 is 0 Å². The summed E-state index contributed by atoms with van der Waals surface area (Å²) in [5, 5.41) is 22.5. The minimum atomic E-state index is -0.269. The fraction of sp³-hybridized carbons (Fsp3) is 0.310. The number of nitrogens with zero attached hydrogens (tertiary/aromatic N) is 6. The molecule has 0 radical (unpaired) electrons. The molecule has 11 heteroatoms. The number of aryl methyl sites for hydroxylation is 1. The van der Waals surface area contributed by atoms with E-state index in [0.717, 1.165) is 67.5 Å². The van der Waals surface area contributed by atoms with Gasteiger partial charge in [-0.3, -0.25) is 14.5 Å². The van der Waals surface area contributed by atoms with Crippen LogP contribution in [0.25, 0.3) is 22.5 Å². The Hall–Kier alpha value is -4.32. The monoisotopic (exact) mass is 541 g/mol. The van der Waals surface area contributed by atoms with Gasteiger partial charge in [0.25, 0.3) is 0 Å². The van der Waals surface area contributed by atoms with E-state index < -0.39 is 0 Å². The third-order valence-electron chi connectivity index (χ3n) is 6.87. The van der Waals surface area contributed by atoms with E-state index in [-0.39, 0.29) is 12.6 Å². The molecular formula is C29H35N9O2. The van der Waals surface area contributed by atoms with E-state index in [1.165, 1.54) is 5.56 Å². The Morgan fingerprint density at radius 2 is 1.77 bits per heavy atom. The number of nitrogens with one attached hydrogen (secondary N) is 3. The van der Waals surface area contributed by atoms with Crippen LogP contribution in [-0.2, 0) is 13.6 Å². The quantitative estimate of drug-likeness (QED) is 0.255. The van der Waals surface area contributed by atoms with Gasteiger partial charge in [0.05, 0.1) is 12.3 Å². The Kier molecular flexibility index (Phi) is 8.65. The number of amides is 2. The number of aliphatic hydroxyl groups excluding tert-OH is 1. The molecule has 0 spiro atoms. The first-order chi connectivity index (χ1) is 19.5. The third kappa shape index (κ3) is 6.81. The molecule has 11 nitrogen and oxygen atoms in total. The Balaban J connectivity index is 1.29. The normalized spacial score (nSPS) is 14.2. The van der Waals surface area contributed by atoms with Crippen LogP contribution in [0.5, 0.6) is 0 Å². The fourth-order valence-corrected chi connectivity index (χ4v) is 4.81. The number of carbonyl (C=O) groups is 1. The van der Waals surface area contributed by atoms with Crippen molar-refractivity contribution in [3.05, 3.63) is 72.6 Å². The molecule has 0 saturated carbocycles. The SMILES string of the molecule is CNC(=O)Nc1ccc(-c2nn(C)cc2-c2ccnc(Nc3cccc(CN4CCN(CCO)CC4)c3)n2)cc1. The summed E-state index contributed by atoms with van der Waals surface area (Å²) < 4.78 is 1.77. The number of carbonyl (C=O) groups excluding carboxylic acids is 1. The number of piperazine rings is 1. The second kappa shape index (κ2) is 12.7. The summed E-state index contributed by atoms with van der Waals surface area (Å²) >= 11 is 0. The van der Waals surface area contributed by atoms with Crippen molar-refractivity contribution in [1.29, 1.82) is 0 Å². The zero-order valence-electron chi connectivity index (χ0n) is 22.8. The molecule has 1 aliphatic rings. The lowest BCUT2D eigenvalue weighted by atomic mass is 10.1. The van der Waals surface area contributed by atoms with E-state index in [1.807, 2.05) is 55.7 Å². The summed E-state index contributed by atoms with van der Waals surface area (Å²) in [6, 6.07) is 17.5. The number of hydrogen-bond donors (Lipinski definition) is 4. The van der Waals surface area contributed by atoms with Crippen molar-refractivity contribution in [3.63, 3.8) is 0 Å². The molecule has 4 aromatic rings. The first-order valence-electron chi connectivity index (χ1n) is 13.4. The summed E-state index contributed by atoms with van der Waals surface area (Å²) in [4.78, 5) is 25.6. The maximum absolute atomic E-state index is 11.6. The molecule has 1 aliphatic heterocycles. The zero-order chi connectivity index (χ0) is 27.9. The predicted molar refractivity (Wildman–Crippen MR) is 156 cm³/mol. The summed E-state index contributed by atoms with van der Waals surface area (Å²) in [6.45, 7) is 5.77. The molecule has 0 bridgehead atoms. The van der Waals surface area contributed by atoms with Gasteiger partial charge in [0.1, 0.15) is 5.69 Å². The van der Waals surface area contributed by atoms with E-state index in [0.29, 0.717) is 11.6 Å². The number of β-amino-alcohol motifs (C(OH)–C–C–N with tert-alkyl or cyclic N) is 1. The average Bonchev–Trinajstić information content (AvgIpc) is 3.36. The average molecular weight is 542 g/mol. The highest BCUT2D eigenvalue weighted by Gasteiger charge is 2.17. The smallest absolute Gasteiger partial charge is 0.318 e. The van der Waals surface area contributed by atoms with Crippen LogP contribution >= 0.6 is 0 Å². The van der Waals surface area contributed by atoms with Crippen LogP contribution in [0.2, 0.25) is 0 Å². The van der Waals surface area contributed by atoms with Gasteiger partial charge in [0.15, 0.2) is 0 Å². The van der Waals surface area contributed by atoms with Crippen LogP contribution in [-0.4, -0.2) is 87.1 Å². The maximum atomic E-state index is 11.6. The topological polar surface area (TPSA) is 123 Å². The number of aliphatic hydroxyl groups is 1. The first kappa shape index (κ1) is 27.3. The lowest BCUT2D eigenvalue weighted by Crippen LogP contribution is -2.46. The minimum absolute atomic E-state index is 0.213. The summed E-state index contributed by atoms with van der Waals surface area (Å²) in [5.41, 5.74) is 6.19. The lowest BCUT2D eigenvalue weighted by Gasteiger charge is -2.34. The molecule has 40 heavy (non-hydrogen) atoms. The summed E-state index contributed by atoms with van der Waals surface area (Å²) in [6.07, 6.45) is 3.69. The van der Waals surface area contributed by atoms with Crippen LogP contribution in [0.15, 0.2) is 67.0 Å². The number of anilines is 3. The molecule has 2 amide bonds. The Bertz CT molecular complexity index is 1430. The Morgan fingerprint density at radius 1 is 1.00 bits per heavy atom. The van der Waals surface area contributed by atoms with Gasteiger partial charge >= 0.3 is 6.03 Å². The molecule has 4 N–H and O–H groups in total. The van der Waals surface area contributed by atoms with Crippen molar-refractivity contribution < 1.29 is 9.90 Å². The van der Waals surface area contributed by atoms with Gasteiger partial charge in [-0.1, -0.05) is 24.3 Å². The molecule has 208 valence electrons. The van der Waals surface area contributed by atoms with Gasteiger partial charge in [0, 0.05) is 88.3 Å². The van der Waals surface area contributed by atoms with Gasteiger partial charge in [-0.05, 0) is 35.9 Å². The zero-order valence-corrected chi connectivity index (χ0v) is 22.8. The molecule has 2 aromatic carbocycles. The molecule has 1 saturated heterocycles. The number of urea groups is 1. The number of hydrogen-bond acceptors (Lipinski definition) is 8. The standard InChI is InChI=1S/C29H35N9O2/c1-30-29(40)33-23-8-6-22(7-9-23)27-25(20-36(2)35-27)26-10-11-31-28(34-26)32-24-5-3-4-21(18-24)19-38-14-12-37(13-15-38)16-17-39/h3-11,18,20,39H,12-17,19H2,1-2H3,(H2,30,33,40)(H,31,32,34). The van der Waals surface area contributed by atoms with Gasteiger partial charge in [-0.25, -0.2) is 14.8 Å². The summed E-state index contributed by atoms with van der Waals surface area (Å²) in [7, 11) is 3.46. The molecule has 3 heterocycles. The highest BCUT2D eigenvalue weighted by atomic mass is 16.3. The Labute approximate surface area is 233 Å². The van der Waals surface area contributed by atoms with Crippen LogP contribution in [0.4, 0.5) is 22.1 Å². The van der Waals surface area contributed by atoms with Crippen molar-refractivity contribution in [2.24, 2.45) is 7.05 Å². The lowest BCUT2D eigenvalue weighted by molar-refractivity contribution is 0.108. The third-order valence-corrected chi connectivity index (χ3v) is 6.87. The number of aromatic nitrogens is 4. The molecule has 5 rings (SSSR count). The Morgan fingerprint density at radius 3 is 2.52 bits per heavy atom.